The number of nitrogens with zero attached hydrogens (tertiary/aromatic N) is 1. The molecule has 0 saturated carbocycles. The molecule has 0 aliphatic carbocycles. The Morgan fingerprint density at radius 2 is 2.26 bits per heavy atom. The van der Waals surface area contributed by atoms with Gasteiger partial charge in [0.05, 0.1) is 6.61 Å². The first-order valence-corrected chi connectivity index (χ1v) is 6.99. The minimum Gasteiger partial charge on any atom is -0.383 e. The zero-order valence-electron chi connectivity index (χ0n) is 11.5. The minimum atomic E-state index is 0.228. The maximum absolute atomic E-state index is 11.9. The van der Waals surface area contributed by atoms with Crippen molar-refractivity contribution in [2.45, 2.75) is 19.8 Å². The average Bonchev–Trinajstić information content (AvgIpc) is 2.72. The van der Waals surface area contributed by atoms with E-state index in [-0.39, 0.29) is 5.91 Å². The summed E-state index contributed by atoms with van der Waals surface area (Å²) in [6.45, 7) is 4.16. The van der Waals surface area contributed by atoms with Crippen molar-refractivity contribution in [1.29, 1.82) is 0 Å². The van der Waals surface area contributed by atoms with E-state index >= 15 is 0 Å². The molecule has 3 nitrogen and oxygen atoms in total. The zero-order chi connectivity index (χ0) is 13.8. The summed E-state index contributed by atoms with van der Waals surface area (Å²) >= 11 is 6.21. The van der Waals surface area contributed by atoms with Crippen molar-refractivity contribution < 1.29 is 9.53 Å². The lowest BCUT2D eigenvalue weighted by Gasteiger charge is -2.16. The lowest BCUT2D eigenvalue weighted by Crippen LogP contribution is -2.28. The smallest absolute Gasteiger partial charge is 0.223 e. The van der Waals surface area contributed by atoms with Crippen LogP contribution < -0.4 is 0 Å². The number of ether oxygens (including phenoxy) is 1. The van der Waals surface area contributed by atoms with Crippen LogP contribution in [0.3, 0.4) is 0 Å². The molecular formula is C15H20ClNO2. The van der Waals surface area contributed by atoms with Gasteiger partial charge in [-0.25, -0.2) is 0 Å². The molecule has 104 valence electrons. The highest BCUT2D eigenvalue weighted by molar-refractivity contribution is 6.31. The molecular weight excluding hydrogens is 262 g/mol. The van der Waals surface area contributed by atoms with E-state index in [4.69, 9.17) is 16.3 Å². The van der Waals surface area contributed by atoms with Crippen molar-refractivity contribution in [1.82, 2.24) is 4.90 Å². The SMILES string of the molecule is COCCN1C[C@@H](Cc2cc(C)ccc2Cl)CC1=O. The number of methoxy groups -OCH3 is 1. The standard InChI is InChI=1S/C15H20ClNO2/c1-11-3-4-14(16)13(7-11)8-12-9-15(18)17(10-12)5-6-19-2/h3-4,7,12H,5-6,8-10H2,1-2H3/t12-/m0/s1. The van der Waals surface area contributed by atoms with E-state index in [9.17, 15) is 4.79 Å². The van der Waals surface area contributed by atoms with Gasteiger partial charge in [-0.15, -0.1) is 0 Å². The number of aryl methyl sites for hydroxylation is 1. The van der Waals surface area contributed by atoms with E-state index in [0.717, 1.165) is 23.6 Å². The van der Waals surface area contributed by atoms with Gasteiger partial charge < -0.3 is 9.64 Å². The van der Waals surface area contributed by atoms with Crippen molar-refractivity contribution in [2.75, 3.05) is 26.8 Å². The van der Waals surface area contributed by atoms with Gasteiger partial charge in [0.1, 0.15) is 0 Å². The molecule has 1 heterocycles. The molecule has 4 heteroatoms. The van der Waals surface area contributed by atoms with Gasteiger partial charge in [-0.1, -0.05) is 29.3 Å². The van der Waals surface area contributed by atoms with Gasteiger partial charge >= 0.3 is 0 Å². The quantitative estimate of drug-likeness (QED) is 0.830. The summed E-state index contributed by atoms with van der Waals surface area (Å²) in [5.41, 5.74) is 2.35. The summed E-state index contributed by atoms with van der Waals surface area (Å²) in [5, 5.41) is 0.799. The first-order chi connectivity index (χ1) is 9.10. The lowest BCUT2D eigenvalue weighted by atomic mass is 9.97. The van der Waals surface area contributed by atoms with E-state index < -0.39 is 0 Å². The van der Waals surface area contributed by atoms with Crippen LogP contribution >= 0.6 is 11.6 Å². The van der Waals surface area contributed by atoms with Crippen LogP contribution in [0.5, 0.6) is 0 Å². The molecule has 0 radical (unpaired) electrons. The fourth-order valence-electron chi connectivity index (χ4n) is 2.58. The van der Waals surface area contributed by atoms with Gasteiger partial charge in [-0.05, 0) is 30.9 Å². The largest absolute Gasteiger partial charge is 0.383 e. The van der Waals surface area contributed by atoms with Crippen LogP contribution in [0.4, 0.5) is 0 Å². The Morgan fingerprint density at radius 1 is 1.47 bits per heavy atom. The Hall–Kier alpha value is -1.06. The second-order valence-electron chi connectivity index (χ2n) is 5.20. The predicted octanol–water partition coefficient (Wildman–Crippen LogP) is 2.69. The third kappa shape index (κ3) is 3.71. The number of hydrogen-bond acceptors (Lipinski definition) is 2. The fourth-order valence-corrected chi connectivity index (χ4v) is 2.77. The number of rotatable bonds is 5. The van der Waals surface area contributed by atoms with Gasteiger partial charge in [0.25, 0.3) is 0 Å². The highest BCUT2D eigenvalue weighted by Crippen LogP contribution is 2.26. The molecule has 1 aromatic carbocycles. The molecule has 19 heavy (non-hydrogen) atoms. The van der Waals surface area contributed by atoms with Gasteiger partial charge in [-0.2, -0.15) is 0 Å². The summed E-state index contributed by atoms with van der Waals surface area (Å²) in [6.07, 6.45) is 1.49. The van der Waals surface area contributed by atoms with Crippen LogP contribution in [0, 0.1) is 12.8 Å². The van der Waals surface area contributed by atoms with E-state index in [2.05, 4.69) is 13.0 Å². The predicted molar refractivity (Wildman–Crippen MR) is 76.5 cm³/mol. The lowest BCUT2D eigenvalue weighted by molar-refractivity contribution is -0.128. The van der Waals surface area contributed by atoms with Gasteiger partial charge in [0, 0.05) is 31.6 Å². The molecule has 1 fully saturated rings. The zero-order valence-corrected chi connectivity index (χ0v) is 12.2. The van der Waals surface area contributed by atoms with Crippen LogP contribution in [0.15, 0.2) is 18.2 Å². The van der Waals surface area contributed by atoms with Gasteiger partial charge in [0.15, 0.2) is 0 Å². The molecule has 1 atom stereocenters. The normalized spacial score (nSPS) is 19.2. The number of likely N-dealkylation sites (tertiary alicyclic amines) is 1. The number of amides is 1. The number of benzene rings is 1. The van der Waals surface area contributed by atoms with Crippen LogP contribution in [-0.4, -0.2) is 37.6 Å². The van der Waals surface area contributed by atoms with E-state index in [1.165, 1.54) is 5.56 Å². The van der Waals surface area contributed by atoms with Crippen molar-refractivity contribution in [3.63, 3.8) is 0 Å². The third-order valence-corrected chi connectivity index (χ3v) is 3.94. The van der Waals surface area contributed by atoms with Crippen LogP contribution in [-0.2, 0) is 16.0 Å². The van der Waals surface area contributed by atoms with Crippen molar-refractivity contribution in [3.8, 4) is 0 Å². The Kier molecular flexibility index (Phi) is 4.83. The number of carbonyl (C=O) groups excluding carboxylic acids is 1. The maximum atomic E-state index is 11.9. The fraction of sp³-hybridized carbons (Fsp3) is 0.533. The molecule has 0 bridgehead atoms. The Morgan fingerprint density at radius 3 is 3.00 bits per heavy atom. The minimum absolute atomic E-state index is 0.228. The summed E-state index contributed by atoms with van der Waals surface area (Å²) < 4.78 is 5.03. The summed E-state index contributed by atoms with van der Waals surface area (Å²) in [4.78, 5) is 13.8. The van der Waals surface area contributed by atoms with E-state index in [1.54, 1.807) is 7.11 Å². The summed E-state index contributed by atoms with van der Waals surface area (Å²) in [6, 6.07) is 6.06. The molecule has 0 spiro atoms. The molecule has 1 aromatic rings. The number of halogens is 1. The molecule has 2 rings (SSSR count). The first kappa shape index (κ1) is 14.4. The van der Waals surface area contributed by atoms with Crippen LogP contribution in [0.2, 0.25) is 5.02 Å². The van der Waals surface area contributed by atoms with Crippen LogP contribution in [0.25, 0.3) is 0 Å². The Balaban J connectivity index is 1.97. The molecule has 1 amide bonds. The molecule has 1 aliphatic heterocycles. The molecule has 1 aliphatic rings. The number of carbonyl (C=O) groups is 1. The van der Waals surface area contributed by atoms with Gasteiger partial charge in [-0.3, -0.25) is 4.79 Å². The molecule has 1 saturated heterocycles. The van der Waals surface area contributed by atoms with Crippen LogP contribution in [0.1, 0.15) is 17.5 Å². The summed E-state index contributed by atoms with van der Waals surface area (Å²) in [7, 11) is 1.66. The first-order valence-electron chi connectivity index (χ1n) is 6.62. The monoisotopic (exact) mass is 281 g/mol. The highest BCUT2D eigenvalue weighted by atomic mass is 35.5. The second kappa shape index (κ2) is 6.40. The average molecular weight is 282 g/mol. The van der Waals surface area contributed by atoms with E-state index in [0.29, 0.717) is 25.5 Å². The Labute approximate surface area is 119 Å². The maximum Gasteiger partial charge on any atom is 0.223 e. The third-order valence-electron chi connectivity index (χ3n) is 3.57. The van der Waals surface area contributed by atoms with Gasteiger partial charge in [0.2, 0.25) is 5.91 Å². The number of hydrogen-bond donors (Lipinski definition) is 0. The van der Waals surface area contributed by atoms with Crippen molar-refractivity contribution >= 4 is 17.5 Å². The molecule has 0 N–H and O–H groups in total. The molecule has 0 aromatic heterocycles. The molecule has 0 unspecified atom stereocenters. The van der Waals surface area contributed by atoms with Crippen molar-refractivity contribution in [3.05, 3.63) is 34.3 Å². The Bertz CT molecular complexity index is 461. The highest BCUT2D eigenvalue weighted by Gasteiger charge is 2.29. The topological polar surface area (TPSA) is 29.5 Å². The van der Waals surface area contributed by atoms with Crippen molar-refractivity contribution in [2.24, 2.45) is 5.92 Å². The summed E-state index contributed by atoms with van der Waals surface area (Å²) in [5.74, 6) is 0.592. The second-order valence-corrected chi connectivity index (χ2v) is 5.61. The van der Waals surface area contributed by atoms with E-state index in [1.807, 2.05) is 17.0 Å².